The van der Waals surface area contributed by atoms with Crippen molar-refractivity contribution < 1.29 is 77.0 Å². The van der Waals surface area contributed by atoms with Crippen LogP contribution < -0.4 is 0 Å². The number of hydrogen-bond donors (Lipinski definition) is 3. The van der Waals surface area contributed by atoms with Gasteiger partial charge in [0, 0.05) is 45.5 Å². The van der Waals surface area contributed by atoms with Crippen molar-refractivity contribution in [3.63, 3.8) is 0 Å². The number of esters is 2. The lowest BCUT2D eigenvalue weighted by Gasteiger charge is -2.65. The highest BCUT2D eigenvalue weighted by atomic mass is 16.8. The third kappa shape index (κ3) is 9.95. The molecule has 0 radical (unpaired) electrons. The number of benzene rings is 2. The molecule has 3 heterocycles. The minimum Gasteiger partial charge on any atom is -0.459 e. The molecule has 3 N–H and O–H groups in total. The number of aliphatic hydroxyl groups excluding tert-OH is 2. The molecule has 3 aliphatic heterocycles. The molecule has 23 atom stereocenters. The zero-order chi connectivity index (χ0) is 51.3. The van der Waals surface area contributed by atoms with Gasteiger partial charge in [-0.3, -0.25) is 0 Å². The second-order valence-corrected chi connectivity index (χ2v) is 22.5. The van der Waals surface area contributed by atoms with E-state index in [1.165, 1.54) is 7.11 Å². The Kier molecular flexibility index (Phi) is 16.3. The van der Waals surface area contributed by atoms with Gasteiger partial charge in [-0.2, -0.15) is 0 Å². The van der Waals surface area contributed by atoms with Crippen LogP contribution in [0.3, 0.4) is 0 Å². The number of methoxy groups -OCH3 is 3. The van der Waals surface area contributed by atoms with Crippen molar-refractivity contribution in [2.45, 2.75) is 210 Å². The maximum atomic E-state index is 14.0. The van der Waals surface area contributed by atoms with Crippen LogP contribution >= 0.6 is 0 Å². The monoisotopic (exact) mass is 1010 g/mol. The van der Waals surface area contributed by atoms with E-state index in [2.05, 4.69) is 13.8 Å². The van der Waals surface area contributed by atoms with Gasteiger partial charge in [-0.1, -0.05) is 50.2 Å². The third-order valence-electron chi connectivity index (χ3n) is 18.9. The van der Waals surface area contributed by atoms with E-state index in [0.717, 1.165) is 32.1 Å². The molecule has 16 heteroatoms. The molecule has 2 aromatic carbocycles. The lowest BCUT2D eigenvalue weighted by atomic mass is 9.42. The molecule has 16 nitrogen and oxygen atoms in total. The van der Waals surface area contributed by atoms with Crippen molar-refractivity contribution in [1.29, 1.82) is 0 Å². The third-order valence-corrected chi connectivity index (χ3v) is 18.9. The van der Waals surface area contributed by atoms with Crippen molar-refractivity contribution >= 4 is 11.9 Å². The summed E-state index contributed by atoms with van der Waals surface area (Å²) in [7, 11) is 4.70. The van der Waals surface area contributed by atoms with Gasteiger partial charge in [0.25, 0.3) is 0 Å². The molecule has 400 valence electrons. The quantitative estimate of drug-likeness (QED) is 0.132. The zero-order valence-electron chi connectivity index (χ0n) is 43.5. The number of hydrogen-bond acceptors (Lipinski definition) is 16. The van der Waals surface area contributed by atoms with Crippen molar-refractivity contribution in [3.05, 3.63) is 71.8 Å². The maximum absolute atomic E-state index is 14.0. The molecule has 7 aliphatic rings. The van der Waals surface area contributed by atoms with Crippen LogP contribution in [0, 0.1) is 34.5 Å². The van der Waals surface area contributed by atoms with E-state index >= 15 is 0 Å². The molecule has 2 aromatic rings. The van der Waals surface area contributed by atoms with Crippen molar-refractivity contribution in [2.75, 3.05) is 21.3 Å². The molecular weight excluding hydrogens is 929 g/mol. The number of fused-ring (bicyclic) bond motifs is 5. The van der Waals surface area contributed by atoms with Crippen LogP contribution in [0.15, 0.2) is 60.7 Å². The van der Waals surface area contributed by atoms with E-state index in [4.69, 9.17) is 52.1 Å². The number of aliphatic hydroxyl groups is 3. The highest BCUT2D eigenvalue weighted by molar-refractivity contribution is 5.90. The Morgan fingerprint density at radius 2 is 1.24 bits per heavy atom. The predicted octanol–water partition coefficient (Wildman–Crippen LogP) is 6.78. The first-order chi connectivity index (χ1) is 34.4. The number of rotatable bonds is 14. The molecule has 72 heavy (non-hydrogen) atoms. The zero-order valence-corrected chi connectivity index (χ0v) is 43.5. The van der Waals surface area contributed by atoms with Crippen LogP contribution in [-0.4, -0.2) is 152 Å². The van der Waals surface area contributed by atoms with Crippen LogP contribution in [0.4, 0.5) is 0 Å². The van der Waals surface area contributed by atoms with Crippen molar-refractivity contribution in [1.82, 2.24) is 0 Å². The molecule has 7 fully saturated rings. The van der Waals surface area contributed by atoms with E-state index in [1.54, 1.807) is 45.4 Å². The molecular formula is C56H80O16. The first-order valence-electron chi connectivity index (χ1n) is 26.6. The lowest BCUT2D eigenvalue weighted by Crippen LogP contribution is -2.68. The van der Waals surface area contributed by atoms with Crippen molar-refractivity contribution in [3.8, 4) is 0 Å². The summed E-state index contributed by atoms with van der Waals surface area (Å²) >= 11 is 0. The van der Waals surface area contributed by atoms with Gasteiger partial charge in [0.1, 0.15) is 42.7 Å². The normalized spacial score (nSPS) is 45.5. The van der Waals surface area contributed by atoms with E-state index in [1.807, 2.05) is 57.2 Å². The van der Waals surface area contributed by atoms with Gasteiger partial charge in [0.15, 0.2) is 18.9 Å². The molecule has 0 amide bonds. The average Bonchev–Trinajstić information content (AvgIpc) is 3.66. The van der Waals surface area contributed by atoms with Crippen LogP contribution in [0.25, 0.3) is 0 Å². The number of ether oxygens (including phenoxy) is 11. The minimum absolute atomic E-state index is 0.0215. The Morgan fingerprint density at radius 1 is 0.639 bits per heavy atom. The Balaban J connectivity index is 0.842. The Labute approximate surface area is 424 Å². The first-order valence-corrected chi connectivity index (χ1v) is 26.6. The Morgan fingerprint density at radius 3 is 1.85 bits per heavy atom. The summed E-state index contributed by atoms with van der Waals surface area (Å²) in [4.78, 5) is 27.4. The standard InChI is InChI=1S/C56H80O16/c1-30(67-51(59)34-16-12-10-13-17-34)38-23-25-56(61)39-21-20-36-26-37(22-24-54(36,5)40(39)27-43(55(38,56)6)70-52(60)35-18-14-11-15-19-35)69-44-28-41(62-7)48(32(3)65-44)71-45-29-42(63-8)49(33(4)66-45)72-53-47(58)50(64-9)46(57)31(2)68-53/h10-19,30-33,36-50,53,57-58,61H,20-29H2,1-9H3/t30-,31-,32-,33-,36+,37+,38-,39-,40+,41+,42+,43-,44+,45+,46-,47-,48-,49-,50-,53+,54+,55+,56+/m1/s1. The van der Waals surface area contributed by atoms with Gasteiger partial charge < -0.3 is 67.4 Å². The van der Waals surface area contributed by atoms with E-state index in [-0.39, 0.29) is 35.4 Å². The summed E-state index contributed by atoms with van der Waals surface area (Å²) in [5.41, 5.74) is -1.23. The van der Waals surface area contributed by atoms with E-state index in [9.17, 15) is 24.9 Å². The molecule has 4 saturated carbocycles. The Bertz CT molecular complexity index is 2130. The Hall–Kier alpha value is -3.10. The summed E-state index contributed by atoms with van der Waals surface area (Å²) in [6, 6.07) is 18.0. The smallest absolute Gasteiger partial charge is 0.338 e. The van der Waals surface area contributed by atoms with Gasteiger partial charge in [0.2, 0.25) is 0 Å². The second-order valence-electron chi connectivity index (χ2n) is 22.5. The largest absolute Gasteiger partial charge is 0.459 e. The van der Waals surface area contributed by atoms with Crippen molar-refractivity contribution in [2.24, 2.45) is 34.5 Å². The van der Waals surface area contributed by atoms with E-state index < -0.39 is 109 Å². The summed E-state index contributed by atoms with van der Waals surface area (Å²) < 4.78 is 68.7. The van der Waals surface area contributed by atoms with Crippen LogP contribution in [-0.2, 0) is 52.1 Å². The second kappa shape index (κ2) is 21.9. The number of carbonyl (C=O) groups is 2. The van der Waals surface area contributed by atoms with Crippen LogP contribution in [0.1, 0.15) is 126 Å². The van der Waals surface area contributed by atoms with Crippen LogP contribution in [0.5, 0.6) is 0 Å². The van der Waals surface area contributed by atoms with Gasteiger partial charge in [-0.05, 0) is 126 Å². The first kappa shape index (κ1) is 53.7. The summed E-state index contributed by atoms with van der Waals surface area (Å²) in [5, 5.41) is 34.8. The number of carbonyl (C=O) groups excluding carboxylic acids is 2. The highest BCUT2D eigenvalue weighted by Gasteiger charge is 2.72. The topological polar surface area (TPSA) is 196 Å². The summed E-state index contributed by atoms with van der Waals surface area (Å²) in [6.07, 6.45) is -3.11. The van der Waals surface area contributed by atoms with E-state index in [0.29, 0.717) is 49.1 Å². The fraction of sp³-hybridized carbons (Fsp3) is 0.750. The molecule has 4 aliphatic carbocycles. The predicted molar refractivity (Wildman–Crippen MR) is 260 cm³/mol. The van der Waals surface area contributed by atoms with Gasteiger partial charge in [0.05, 0.1) is 53.4 Å². The summed E-state index contributed by atoms with van der Waals surface area (Å²) in [6.45, 7) is 11.9. The fourth-order valence-corrected chi connectivity index (χ4v) is 14.8. The van der Waals surface area contributed by atoms with Gasteiger partial charge >= 0.3 is 11.9 Å². The molecule has 3 saturated heterocycles. The maximum Gasteiger partial charge on any atom is 0.338 e. The minimum atomic E-state index is -1.23. The summed E-state index contributed by atoms with van der Waals surface area (Å²) in [5.74, 6) is -0.681. The molecule has 0 bridgehead atoms. The average molecular weight is 1010 g/mol. The molecule has 0 spiro atoms. The lowest BCUT2D eigenvalue weighted by molar-refractivity contribution is -0.352. The van der Waals surface area contributed by atoms with Crippen LogP contribution in [0.2, 0.25) is 0 Å². The molecule has 9 rings (SSSR count). The fourth-order valence-electron chi connectivity index (χ4n) is 14.8. The molecule has 0 unspecified atom stereocenters. The highest BCUT2D eigenvalue weighted by Crippen LogP contribution is 2.70. The molecule has 0 aromatic heterocycles. The van der Waals surface area contributed by atoms with Gasteiger partial charge in [-0.25, -0.2) is 9.59 Å². The van der Waals surface area contributed by atoms with Gasteiger partial charge in [-0.15, -0.1) is 0 Å². The SMILES string of the molecule is CO[C@H]1[C@@H](O)[C@H](O[C@H]2[C@@H](OC)C[C@H](O[C@H]3[C@@H](OC)C[C@H](O[C@H]4CC[C@@]5(C)[C@@H](CC[C@@H]6[C@@H]5C[C@@H](OC(=O)c5ccccc5)[C@]5(C)[C@@H]([C@@H](C)OC(=O)c7ccccc7)CC[C@]65O)C4)O[C@@H]3C)O[C@@H]2C)O[C@H](C)[C@H]1O.